The molecule has 2 heterocycles. The molecule has 6 heteroatoms. The van der Waals surface area contributed by atoms with Gasteiger partial charge in [-0.25, -0.2) is 0 Å². The molecule has 0 saturated heterocycles. The predicted octanol–water partition coefficient (Wildman–Crippen LogP) is 2.25. The normalized spacial score (nSPS) is 12.9. The van der Waals surface area contributed by atoms with Crippen molar-refractivity contribution in [3.05, 3.63) is 34.5 Å². The Morgan fingerprint density at radius 2 is 2.50 bits per heavy atom. The average Bonchev–Trinajstić information content (AvgIpc) is 2.91. The van der Waals surface area contributed by atoms with E-state index in [2.05, 4.69) is 43.6 Å². The van der Waals surface area contributed by atoms with Crippen LogP contribution in [0.1, 0.15) is 30.8 Å². The van der Waals surface area contributed by atoms with Crippen LogP contribution >= 0.6 is 15.9 Å². The lowest BCUT2D eigenvalue weighted by Gasteiger charge is -2.13. The molecule has 86 valence electrons. The summed E-state index contributed by atoms with van der Waals surface area (Å²) in [5.74, 6) is 0.822. The van der Waals surface area contributed by atoms with Crippen molar-refractivity contribution in [2.24, 2.45) is 0 Å². The Morgan fingerprint density at radius 3 is 3.06 bits per heavy atom. The lowest BCUT2D eigenvalue weighted by Crippen LogP contribution is -2.23. The zero-order valence-corrected chi connectivity index (χ0v) is 10.5. The summed E-state index contributed by atoms with van der Waals surface area (Å²) in [6, 6.07) is 1.80. The van der Waals surface area contributed by atoms with Gasteiger partial charge in [-0.05, 0) is 35.0 Å². The van der Waals surface area contributed by atoms with Crippen molar-refractivity contribution >= 4 is 15.9 Å². The average molecular weight is 285 g/mol. The van der Waals surface area contributed by atoms with E-state index in [1.54, 1.807) is 12.5 Å². The molecular formula is C10H13BrN4O. The van der Waals surface area contributed by atoms with Crippen LogP contribution in [-0.2, 0) is 0 Å². The number of furan rings is 1. The highest BCUT2D eigenvalue weighted by molar-refractivity contribution is 9.10. The first kappa shape index (κ1) is 11.3. The van der Waals surface area contributed by atoms with Gasteiger partial charge >= 0.3 is 0 Å². The molecule has 0 saturated carbocycles. The Morgan fingerprint density at radius 1 is 1.62 bits per heavy atom. The molecule has 0 aromatic carbocycles. The molecule has 2 rings (SSSR count). The van der Waals surface area contributed by atoms with E-state index in [1.807, 2.05) is 6.07 Å². The van der Waals surface area contributed by atoms with E-state index >= 15 is 0 Å². The zero-order valence-electron chi connectivity index (χ0n) is 8.90. The Kier molecular flexibility index (Phi) is 3.74. The maximum Gasteiger partial charge on any atom is 0.141 e. The summed E-state index contributed by atoms with van der Waals surface area (Å²) >= 11 is 3.45. The van der Waals surface area contributed by atoms with Crippen molar-refractivity contribution in [2.75, 3.05) is 6.54 Å². The third kappa shape index (κ3) is 2.33. The topological polar surface area (TPSA) is 66.7 Å². The molecule has 2 N–H and O–H groups in total. The molecule has 1 unspecified atom stereocenters. The molecule has 2 aromatic heterocycles. The highest BCUT2D eigenvalue weighted by atomic mass is 79.9. The van der Waals surface area contributed by atoms with Crippen LogP contribution < -0.4 is 5.32 Å². The van der Waals surface area contributed by atoms with E-state index in [1.165, 1.54) is 0 Å². The van der Waals surface area contributed by atoms with Gasteiger partial charge in [0.1, 0.15) is 17.5 Å². The van der Waals surface area contributed by atoms with Crippen LogP contribution in [0.25, 0.3) is 0 Å². The van der Waals surface area contributed by atoms with Crippen LogP contribution in [0.2, 0.25) is 0 Å². The van der Waals surface area contributed by atoms with Crippen molar-refractivity contribution in [2.45, 2.75) is 19.4 Å². The molecular weight excluding hydrogens is 272 g/mol. The van der Waals surface area contributed by atoms with Crippen molar-refractivity contribution in [3.8, 4) is 0 Å². The summed E-state index contributed by atoms with van der Waals surface area (Å²) in [6.07, 6.45) is 4.40. The lowest BCUT2D eigenvalue weighted by atomic mass is 10.1. The Balaban J connectivity index is 2.25. The Labute approximate surface area is 102 Å². The van der Waals surface area contributed by atoms with Gasteiger partial charge in [-0.3, -0.25) is 0 Å². The smallest absolute Gasteiger partial charge is 0.141 e. The maximum absolute atomic E-state index is 5.46. The van der Waals surface area contributed by atoms with E-state index in [-0.39, 0.29) is 6.04 Å². The summed E-state index contributed by atoms with van der Waals surface area (Å²) in [5.41, 5.74) is 0.823. The van der Waals surface area contributed by atoms with E-state index in [0.29, 0.717) is 0 Å². The molecule has 0 radical (unpaired) electrons. The van der Waals surface area contributed by atoms with Crippen molar-refractivity contribution < 1.29 is 4.42 Å². The molecule has 0 aliphatic rings. The molecule has 0 amide bonds. The fourth-order valence-corrected chi connectivity index (χ4v) is 1.91. The second kappa shape index (κ2) is 5.27. The second-order valence-electron chi connectivity index (χ2n) is 3.41. The van der Waals surface area contributed by atoms with Gasteiger partial charge in [0.2, 0.25) is 0 Å². The van der Waals surface area contributed by atoms with Gasteiger partial charge < -0.3 is 9.73 Å². The molecule has 1 atom stereocenters. The summed E-state index contributed by atoms with van der Waals surface area (Å²) in [7, 11) is 0. The highest BCUT2D eigenvalue weighted by Gasteiger charge is 2.21. The maximum atomic E-state index is 5.46. The van der Waals surface area contributed by atoms with Gasteiger partial charge in [0.25, 0.3) is 0 Å². The number of nitrogens with one attached hydrogen (secondary N) is 2. The van der Waals surface area contributed by atoms with Crippen LogP contribution in [-0.4, -0.2) is 22.0 Å². The molecule has 0 fully saturated rings. The molecule has 0 spiro atoms. The molecule has 5 nitrogen and oxygen atoms in total. The quantitative estimate of drug-likeness (QED) is 0.884. The van der Waals surface area contributed by atoms with Gasteiger partial charge in [-0.15, -0.1) is 0 Å². The number of aromatic nitrogens is 3. The van der Waals surface area contributed by atoms with Crippen LogP contribution in [0.15, 0.2) is 27.4 Å². The minimum absolute atomic E-state index is 0.0666. The SMILES string of the molecule is CCCNC(c1cn[nH]n1)c1occc1Br. The minimum Gasteiger partial charge on any atom is -0.466 e. The van der Waals surface area contributed by atoms with Crippen LogP contribution in [0, 0.1) is 0 Å². The van der Waals surface area contributed by atoms with E-state index in [0.717, 1.165) is 28.9 Å². The number of hydrogen-bond acceptors (Lipinski definition) is 4. The fourth-order valence-electron chi connectivity index (χ4n) is 1.48. The number of nitrogens with zero attached hydrogens (tertiary/aromatic N) is 2. The first-order valence-electron chi connectivity index (χ1n) is 5.15. The van der Waals surface area contributed by atoms with E-state index < -0.39 is 0 Å². The number of halogens is 1. The summed E-state index contributed by atoms with van der Waals surface area (Å²) in [4.78, 5) is 0. The first-order valence-corrected chi connectivity index (χ1v) is 5.94. The Hall–Kier alpha value is -1.14. The van der Waals surface area contributed by atoms with Gasteiger partial charge in [0, 0.05) is 0 Å². The number of aromatic amines is 1. The number of rotatable bonds is 5. The molecule has 2 aromatic rings. The lowest BCUT2D eigenvalue weighted by molar-refractivity contribution is 0.439. The monoisotopic (exact) mass is 284 g/mol. The van der Waals surface area contributed by atoms with Crippen LogP contribution in [0.5, 0.6) is 0 Å². The molecule has 16 heavy (non-hydrogen) atoms. The van der Waals surface area contributed by atoms with Crippen molar-refractivity contribution in [3.63, 3.8) is 0 Å². The van der Waals surface area contributed by atoms with Crippen molar-refractivity contribution in [1.29, 1.82) is 0 Å². The summed E-state index contributed by atoms with van der Waals surface area (Å²) < 4.78 is 6.39. The zero-order chi connectivity index (χ0) is 11.4. The van der Waals surface area contributed by atoms with E-state index in [4.69, 9.17) is 4.42 Å². The van der Waals surface area contributed by atoms with Gasteiger partial charge in [0.05, 0.1) is 16.9 Å². The minimum atomic E-state index is -0.0666. The number of H-pyrrole nitrogens is 1. The largest absolute Gasteiger partial charge is 0.466 e. The van der Waals surface area contributed by atoms with Gasteiger partial charge in [-0.1, -0.05) is 6.92 Å². The third-order valence-electron chi connectivity index (χ3n) is 2.23. The fraction of sp³-hybridized carbons (Fsp3) is 0.400. The first-order chi connectivity index (χ1) is 7.83. The van der Waals surface area contributed by atoms with Crippen LogP contribution in [0.4, 0.5) is 0 Å². The van der Waals surface area contributed by atoms with E-state index in [9.17, 15) is 0 Å². The summed E-state index contributed by atoms with van der Waals surface area (Å²) in [6.45, 7) is 3.01. The third-order valence-corrected chi connectivity index (χ3v) is 2.89. The Bertz CT molecular complexity index is 426. The predicted molar refractivity (Wildman–Crippen MR) is 62.9 cm³/mol. The number of hydrogen-bond donors (Lipinski definition) is 2. The van der Waals surface area contributed by atoms with Crippen molar-refractivity contribution in [1.82, 2.24) is 20.7 Å². The second-order valence-corrected chi connectivity index (χ2v) is 4.27. The standard InChI is InChI=1S/C10H13BrN4O/c1-2-4-12-9(8-6-13-15-14-8)10-7(11)3-5-16-10/h3,5-6,9,12H,2,4H2,1H3,(H,13,14,15). The molecule has 0 aliphatic heterocycles. The highest BCUT2D eigenvalue weighted by Crippen LogP contribution is 2.28. The van der Waals surface area contributed by atoms with Crippen LogP contribution in [0.3, 0.4) is 0 Å². The van der Waals surface area contributed by atoms with Gasteiger partial charge in [0.15, 0.2) is 0 Å². The summed E-state index contributed by atoms with van der Waals surface area (Å²) in [5, 5.41) is 13.9. The molecule has 0 aliphatic carbocycles. The molecule has 0 bridgehead atoms. The van der Waals surface area contributed by atoms with Gasteiger partial charge in [-0.2, -0.15) is 15.4 Å².